The minimum absolute atomic E-state index is 0.0762. The van der Waals surface area contributed by atoms with Gasteiger partial charge in [0.1, 0.15) is 6.04 Å². The van der Waals surface area contributed by atoms with Crippen molar-refractivity contribution >= 4 is 36.3 Å². The molecule has 82 valence electrons. The van der Waals surface area contributed by atoms with Crippen LogP contribution in [0.4, 0.5) is 0 Å². The van der Waals surface area contributed by atoms with Crippen molar-refractivity contribution in [2.45, 2.75) is 12.5 Å². The second-order valence-electron chi connectivity index (χ2n) is 2.58. The van der Waals surface area contributed by atoms with Gasteiger partial charge in [0.2, 0.25) is 5.91 Å². The number of hydrogen-bond donors (Lipinski definition) is 2. The number of carbonyl (C=O) groups excluding carboxylic acids is 2. The predicted molar refractivity (Wildman–Crippen MR) is 60.8 cm³/mol. The van der Waals surface area contributed by atoms with Crippen molar-refractivity contribution in [2.24, 2.45) is 0 Å². The van der Waals surface area contributed by atoms with Crippen molar-refractivity contribution in [3.63, 3.8) is 0 Å². The summed E-state index contributed by atoms with van der Waals surface area (Å²) in [6.45, 7) is 0. The average molecular weight is 237 g/mol. The van der Waals surface area contributed by atoms with Gasteiger partial charge in [0.15, 0.2) is 0 Å². The largest absolute Gasteiger partial charge is 0.467 e. The molecule has 0 aromatic carbocycles. The van der Waals surface area contributed by atoms with E-state index in [9.17, 15) is 9.59 Å². The van der Waals surface area contributed by atoms with Gasteiger partial charge < -0.3 is 10.1 Å². The fraction of sp³-hybridized carbons (Fsp3) is 0.750. The lowest BCUT2D eigenvalue weighted by Crippen LogP contribution is -2.42. The first-order valence-corrected chi connectivity index (χ1v) is 6.15. The van der Waals surface area contributed by atoms with Crippen LogP contribution in [0, 0.1) is 0 Å². The molecule has 14 heavy (non-hydrogen) atoms. The van der Waals surface area contributed by atoms with E-state index in [2.05, 4.69) is 22.7 Å². The van der Waals surface area contributed by atoms with Crippen molar-refractivity contribution in [1.82, 2.24) is 5.32 Å². The molecule has 0 radical (unpaired) electrons. The van der Waals surface area contributed by atoms with Crippen LogP contribution >= 0.6 is 24.4 Å². The van der Waals surface area contributed by atoms with Crippen LogP contribution in [-0.4, -0.2) is 42.8 Å². The van der Waals surface area contributed by atoms with Crippen LogP contribution in [0.5, 0.6) is 0 Å². The van der Waals surface area contributed by atoms with Crippen LogP contribution in [0.2, 0.25) is 0 Å². The SMILES string of the molecule is COC(=O)C(CCSC)NC(=O)CS. The quantitative estimate of drug-likeness (QED) is 0.516. The number of thiol groups is 1. The maximum Gasteiger partial charge on any atom is 0.328 e. The molecule has 0 saturated carbocycles. The zero-order valence-corrected chi connectivity index (χ0v) is 9.99. The smallest absolute Gasteiger partial charge is 0.328 e. The van der Waals surface area contributed by atoms with E-state index in [1.807, 2.05) is 6.26 Å². The third kappa shape index (κ3) is 5.39. The van der Waals surface area contributed by atoms with Gasteiger partial charge >= 0.3 is 5.97 Å². The Labute approximate surface area is 93.6 Å². The monoisotopic (exact) mass is 237 g/mol. The number of hydrogen-bond acceptors (Lipinski definition) is 5. The number of esters is 1. The summed E-state index contributed by atoms with van der Waals surface area (Å²) < 4.78 is 4.57. The van der Waals surface area contributed by atoms with E-state index in [1.54, 1.807) is 11.8 Å². The molecule has 1 N–H and O–H groups in total. The highest BCUT2D eigenvalue weighted by molar-refractivity contribution is 7.98. The first-order chi connectivity index (χ1) is 6.65. The summed E-state index contributed by atoms with van der Waals surface area (Å²) >= 11 is 5.42. The van der Waals surface area contributed by atoms with Crippen LogP contribution in [0.15, 0.2) is 0 Å². The molecule has 4 nitrogen and oxygen atoms in total. The Balaban J connectivity index is 4.09. The van der Waals surface area contributed by atoms with Crippen molar-refractivity contribution in [3.05, 3.63) is 0 Å². The molecule has 0 aliphatic rings. The molecule has 1 atom stereocenters. The Morgan fingerprint density at radius 3 is 2.64 bits per heavy atom. The summed E-state index contributed by atoms with van der Waals surface area (Å²) in [5.41, 5.74) is 0. The molecule has 0 aliphatic heterocycles. The molecule has 0 heterocycles. The lowest BCUT2D eigenvalue weighted by molar-refractivity contribution is -0.144. The lowest BCUT2D eigenvalue weighted by Gasteiger charge is -2.14. The maximum atomic E-state index is 11.2. The number of carbonyl (C=O) groups is 2. The van der Waals surface area contributed by atoms with Crippen molar-refractivity contribution in [1.29, 1.82) is 0 Å². The van der Waals surface area contributed by atoms with E-state index in [-0.39, 0.29) is 11.7 Å². The van der Waals surface area contributed by atoms with Gasteiger partial charge in [-0.15, -0.1) is 0 Å². The molecule has 6 heteroatoms. The number of amides is 1. The molecule has 0 aliphatic carbocycles. The summed E-state index contributed by atoms with van der Waals surface area (Å²) in [4.78, 5) is 22.2. The van der Waals surface area contributed by atoms with Gasteiger partial charge in [-0.2, -0.15) is 24.4 Å². The number of thioether (sulfide) groups is 1. The minimum atomic E-state index is -0.549. The Morgan fingerprint density at radius 1 is 1.57 bits per heavy atom. The number of ether oxygens (including phenoxy) is 1. The molecule has 0 saturated heterocycles. The second-order valence-corrected chi connectivity index (χ2v) is 3.88. The van der Waals surface area contributed by atoms with Gasteiger partial charge in [-0.1, -0.05) is 0 Å². The maximum absolute atomic E-state index is 11.2. The predicted octanol–water partition coefficient (Wildman–Crippen LogP) is 0.327. The summed E-state index contributed by atoms with van der Waals surface area (Å²) in [7, 11) is 1.31. The number of nitrogens with one attached hydrogen (secondary N) is 1. The third-order valence-electron chi connectivity index (χ3n) is 1.58. The fourth-order valence-corrected chi connectivity index (χ4v) is 1.43. The Kier molecular flexibility index (Phi) is 7.78. The highest BCUT2D eigenvalue weighted by Gasteiger charge is 2.19. The molecule has 1 unspecified atom stereocenters. The van der Waals surface area contributed by atoms with Crippen molar-refractivity contribution in [3.8, 4) is 0 Å². The summed E-state index contributed by atoms with van der Waals surface area (Å²) in [5.74, 6) is 0.207. The summed E-state index contributed by atoms with van der Waals surface area (Å²) in [5, 5.41) is 2.55. The average Bonchev–Trinajstić information content (AvgIpc) is 2.22. The Hall–Kier alpha value is -0.360. The van der Waals surface area contributed by atoms with Crippen LogP contribution in [-0.2, 0) is 14.3 Å². The van der Waals surface area contributed by atoms with Crippen molar-refractivity contribution < 1.29 is 14.3 Å². The fourth-order valence-electron chi connectivity index (χ4n) is 0.867. The molecule has 0 spiro atoms. The van der Waals surface area contributed by atoms with Gasteiger partial charge in [0.25, 0.3) is 0 Å². The lowest BCUT2D eigenvalue weighted by atomic mass is 10.2. The third-order valence-corrected chi connectivity index (χ3v) is 2.51. The van der Waals surface area contributed by atoms with E-state index < -0.39 is 12.0 Å². The van der Waals surface area contributed by atoms with Gasteiger partial charge in [-0.3, -0.25) is 4.79 Å². The van der Waals surface area contributed by atoms with E-state index in [4.69, 9.17) is 0 Å². The van der Waals surface area contributed by atoms with E-state index >= 15 is 0 Å². The van der Waals surface area contributed by atoms with Gasteiger partial charge in [-0.25, -0.2) is 4.79 Å². The minimum Gasteiger partial charge on any atom is -0.467 e. The molecular formula is C8H15NO3S2. The van der Waals surface area contributed by atoms with E-state index in [0.29, 0.717) is 6.42 Å². The van der Waals surface area contributed by atoms with Crippen molar-refractivity contribution in [2.75, 3.05) is 24.9 Å². The van der Waals surface area contributed by atoms with Crippen LogP contribution < -0.4 is 5.32 Å². The van der Waals surface area contributed by atoms with Crippen LogP contribution in [0.1, 0.15) is 6.42 Å². The molecular weight excluding hydrogens is 222 g/mol. The molecule has 0 bridgehead atoms. The topological polar surface area (TPSA) is 55.4 Å². The second kappa shape index (κ2) is 7.99. The summed E-state index contributed by atoms with van der Waals surface area (Å²) in [6.07, 6.45) is 2.52. The zero-order valence-electron chi connectivity index (χ0n) is 8.28. The van der Waals surface area contributed by atoms with Gasteiger partial charge in [-0.05, 0) is 18.4 Å². The number of methoxy groups -OCH3 is 1. The van der Waals surface area contributed by atoms with Gasteiger partial charge in [0, 0.05) is 0 Å². The zero-order chi connectivity index (χ0) is 11.0. The van der Waals surface area contributed by atoms with Crippen LogP contribution in [0.3, 0.4) is 0 Å². The first-order valence-electron chi connectivity index (χ1n) is 4.12. The number of rotatable bonds is 6. The summed E-state index contributed by atoms with van der Waals surface area (Å²) in [6, 6.07) is -0.549. The molecule has 0 fully saturated rings. The van der Waals surface area contributed by atoms with E-state index in [1.165, 1.54) is 7.11 Å². The molecule has 1 amide bonds. The molecule has 0 aromatic heterocycles. The molecule has 0 rings (SSSR count). The molecule has 0 aromatic rings. The highest BCUT2D eigenvalue weighted by Crippen LogP contribution is 2.02. The van der Waals surface area contributed by atoms with E-state index in [0.717, 1.165) is 5.75 Å². The standard InChI is InChI=1S/C8H15NO3S2/c1-12-8(11)6(3-4-14-2)9-7(10)5-13/h6,13H,3-5H2,1-2H3,(H,9,10). The Bertz CT molecular complexity index is 199. The van der Waals surface area contributed by atoms with Gasteiger partial charge in [0.05, 0.1) is 12.9 Å². The Morgan fingerprint density at radius 2 is 2.21 bits per heavy atom. The normalized spacial score (nSPS) is 11.9. The highest BCUT2D eigenvalue weighted by atomic mass is 32.2. The van der Waals surface area contributed by atoms with Crippen LogP contribution in [0.25, 0.3) is 0 Å². The first kappa shape index (κ1) is 13.6.